The van der Waals surface area contributed by atoms with E-state index in [1.165, 1.54) is 32.6 Å². The van der Waals surface area contributed by atoms with Gasteiger partial charge in [0.05, 0.1) is 11.5 Å². The zero-order chi connectivity index (χ0) is 22.4. The topological polar surface area (TPSA) is 26.3 Å². The lowest BCUT2D eigenvalue weighted by Gasteiger charge is -2.32. The molecule has 31 heavy (non-hydrogen) atoms. The van der Waals surface area contributed by atoms with Gasteiger partial charge in [-0.15, -0.1) is 0 Å². The average molecular weight is 439 g/mol. The van der Waals surface area contributed by atoms with Crippen LogP contribution in [-0.4, -0.2) is 12.1 Å². The van der Waals surface area contributed by atoms with Crippen molar-refractivity contribution < 1.29 is 22.7 Å². The number of unbranched alkanes of at least 4 members (excludes halogenated alkanes) is 2. The first kappa shape index (κ1) is 24.1. The Labute approximate surface area is 184 Å². The molecular formula is C26H37F3O2. The molecule has 3 rings (SSSR count). The molecule has 0 spiro atoms. The number of carbonyl (C=O) groups excluding carboxylic acids is 1. The fraction of sp³-hybridized carbons (Fsp3) is 0.731. The van der Waals surface area contributed by atoms with Gasteiger partial charge in [-0.2, -0.15) is 0 Å². The summed E-state index contributed by atoms with van der Waals surface area (Å²) >= 11 is 0. The molecule has 2 aliphatic carbocycles. The fourth-order valence-corrected chi connectivity index (χ4v) is 5.41. The van der Waals surface area contributed by atoms with E-state index in [2.05, 4.69) is 6.92 Å². The molecule has 1 aromatic rings. The minimum atomic E-state index is -2.81. The van der Waals surface area contributed by atoms with E-state index in [0.717, 1.165) is 31.6 Å². The molecule has 0 radical (unpaired) electrons. The second kappa shape index (κ2) is 11.4. The smallest absolute Gasteiger partial charge is 0.309 e. The number of ether oxygens (including phenoxy) is 1. The molecule has 0 amide bonds. The Balaban J connectivity index is 1.46. The molecule has 2 fully saturated rings. The Morgan fingerprint density at radius 2 is 1.71 bits per heavy atom. The van der Waals surface area contributed by atoms with E-state index in [4.69, 9.17) is 4.74 Å². The number of benzene rings is 1. The second-order valence-electron chi connectivity index (χ2n) is 9.62. The maximum Gasteiger partial charge on any atom is 0.309 e. The van der Waals surface area contributed by atoms with Crippen molar-refractivity contribution in [2.45, 2.75) is 109 Å². The molecule has 5 heteroatoms. The standard InChI is InChI=1S/C26H37F3O2/c1-3-4-5-6-18-8-14-21(15-9-18)31-26(30)20-12-10-19(11-13-20)22-16-7-17(2)23(24(22)27)25(28)29/h7,16,18-21,25H,3-6,8-15H2,1-2H3. The van der Waals surface area contributed by atoms with Gasteiger partial charge in [-0.25, -0.2) is 13.2 Å². The van der Waals surface area contributed by atoms with Crippen LogP contribution in [0.3, 0.4) is 0 Å². The Kier molecular flexibility index (Phi) is 8.85. The molecule has 0 N–H and O–H groups in total. The number of carbonyl (C=O) groups is 1. The molecule has 0 heterocycles. The van der Waals surface area contributed by atoms with Crippen LogP contribution in [0.1, 0.15) is 113 Å². The summed E-state index contributed by atoms with van der Waals surface area (Å²) in [6.45, 7) is 3.74. The SMILES string of the molecule is CCCCCC1CCC(OC(=O)C2CCC(c3ccc(C)c(C(F)F)c3F)CC2)CC1. The summed E-state index contributed by atoms with van der Waals surface area (Å²) in [7, 11) is 0. The first-order valence-corrected chi connectivity index (χ1v) is 12.2. The fourth-order valence-electron chi connectivity index (χ4n) is 5.41. The van der Waals surface area contributed by atoms with Crippen molar-refractivity contribution in [3.8, 4) is 0 Å². The predicted molar refractivity (Wildman–Crippen MR) is 117 cm³/mol. The van der Waals surface area contributed by atoms with Gasteiger partial charge < -0.3 is 4.74 Å². The van der Waals surface area contributed by atoms with Crippen LogP contribution in [0.15, 0.2) is 12.1 Å². The zero-order valence-electron chi connectivity index (χ0n) is 19.0. The Morgan fingerprint density at radius 1 is 1.03 bits per heavy atom. The van der Waals surface area contributed by atoms with E-state index in [9.17, 15) is 18.0 Å². The largest absolute Gasteiger partial charge is 0.462 e. The molecule has 0 saturated heterocycles. The van der Waals surface area contributed by atoms with E-state index in [-0.39, 0.29) is 29.5 Å². The summed E-state index contributed by atoms with van der Waals surface area (Å²) in [6.07, 6.45) is 9.11. The minimum absolute atomic E-state index is 0.0378. The van der Waals surface area contributed by atoms with E-state index in [0.29, 0.717) is 31.2 Å². The lowest BCUT2D eigenvalue weighted by atomic mass is 9.78. The van der Waals surface area contributed by atoms with Gasteiger partial charge in [-0.1, -0.05) is 44.7 Å². The van der Waals surface area contributed by atoms with Crippen molar-refractivity contribution in [3.05, 3.63) is 34.6 Å². The molecule has 2 aliphatic rings. The molecule has 0 aliphatic heterocycles. The van der Waals surface area contributed by atoms with Crippen LogP contribution in [0, 0.1) is 24.6 Å². The summed E-state index contributed by atoms with van der Waals surface area (Å²) in [5, 5.41) is 0. The normalized spacial score (nSPS) is 26.8. The van der Waals surface area contributed by atoms with Gasteiger partial charge in [0, 0.05) is 0 Å². The lowest BCUT2D eigenvalue weighted by molar-refractivity contribution is -0.157. The average Bonchev–Trinajstić information content (AvgIpc) is 2.75. The molecule has 0 atom stereocenters. The van der Waals surface area contributed by atoms with Crippen LogP contribution in [-0.2, 0) is 9.53 Å². The van der Waals surface area contributed by atoms with Crippen molar-refractivity contribution >= 4 is 5.97 Å². The van der Waals surface area contributed by atoms with Crippen LogP contribution in [0.2, 0.25) is 0 Å². The Morgan fingerprint density at radius 3 is 2.32 bits per heavy atom. The number of hydrogen-bond acceptors (Lipinski definition) is 2. The zero-order valence-corrected chi connectivity index (χ0v) is 19.0. The van der Waals surface area contributed by atoms with Crippen LogP contribution >= 0.6 is 0 Å². The maximum atomic E-state index is 14.7. The van der Waals surface area contributed by atoms with Gasteiger partial charge >= 0.3 is 5.97 Å². The van der Waals surface area contributed by atoms with Crippen molar-refractivity contribution in [1.29, 1.82) is 0 Å². The highest BCUT2D eigenvalue weighted by Crippen LogP contribution is 2.40. The first-order valence-electron chi connectivity index (χ1n) is 12.2. The monoisotopic (exact) mass is 438 g/mol. The summed E-state index contributed by atoms with van der Waals surface area (Å²) in [5.41, 5.74) is 0.173. The highest BCUT2D eigenvalue weighted by atomic mass is 19.3. The van der Waals surface area contributed by atoms with Crippen LogP contribution in [0.4, 0.5) is 13.2 Å². The number of hydrogen-bond donors (Lipinski definition) is 0. The molecular weight excluding hydrogens is 401 g/mol. The lowest BCUT2D eigenvalue weighted by Crippen LogP contribution is -2.30. The Bertz CT molecular complexity index is 718. The molecule has 0 aromatic heterocycles. The highest BCUT2D eigenvalue weighted by Gasteiger charge is 2.33. The molecule has 2 nitrogen and oxygen atoms in total. The van der Waals surface area contributed by atoms with E-state index in [1.807, 2.05) is 0 Å². The molecule has 174 valence electrons. The van der Waals surface area contributed by atoms with E-state index < -0.39 is 17.8 Å². The van der Waals surface area contributed by atoms with Crippen LogP contribution < -0.4 is 0 Å². The minimum Gasteiger partial charge on any atom is -0.462 e. The summed E-state index contributed by atoms with van der Waals surface area (Å²) < 4.78 is 47.0. The molecule has 1 aromatic carbocycles. The van der Waals surface area contributed by atoms with Gasteiger partial charge in [-0.3, -0.25) is 4.79 Å². The van der Waals surface area contributed by atoms with Crippen LogP contribution in [0.25, 0.3) is 0 Å². The third kappa shape index (κ3) is 6.26. The predicted octanol–water partition coefficient (Wildman–Crippen LogP) is 8.03. The third-order valence-electron chi connectivity index (χ3n) is 7.44. The summed E-state index contributed by atoms with van der Waals surface area (Å²) in [6, 6.07) is 3.22. The Hall–Kier alpha value is -1.52. The highest BCUT2D eigenvalue weighted by molar-refractivity contribution is 5.72. The quantitative estimate of drug-likeness (QED) is 0.303. The van der Waals surface area contributed by atoms with Gasteiger partial charge in [0.1, 0.15) is 11.9 Å². The number of alkyl halides is 2. The van der Waals surface area contributed by atoms with Crippen molar-refractivity contribution in [2.75, 3.05) is 0 Å². The summed E-state index contributed by atoms with van der Waals surface area (Å²) in [4.78, 5) is 12.7. The van der Waals surface area contributed by atoms with Gasteiger partial charge in [0.15, 0.2) is 0 Å². The van der Waals surface area contributed by atoms with Crippen LogP contribution in [0.5, 0.6) is 0 Å². The molecule has 0 unspecified atom stereocenters. The number of rotatable bonds is 8. The van der Waals surface area contributed by atoms with E-state index in [1.54, 1.807) is 12.1 Å². The summed E-state index contributed by atoms with van der Waals surface area (Å²) in [5.74, 6) is -0.371. The number of aryl methyl sites for hydroxylation is 1. The van der Waals surface area contributed by atoms with Crippen molar-refractivity contribution in [2.24, 2.45) is 11.8 Å². The maximum absolute atomic E-state index is 14.7. The van der Waals surface area contributed by atoms with Gasteiger partial charge in [0.2, 0.25) is 0 Å². The van der Waals surface area contributed by atoms with Gasteiger partial charge in [0.25, 0.3) is 6.43 Å². The molecule has 0 bridgehead atoms. The molecule has 2 saturated carbocycles. The van der Waals surface area contributed by atoms with Crippen molar-refractivity contribution in [1.82, 2.24) is 0 Å². The van der Waals surface area contributed by atoms with Gasteiger partial charge in [-0.05, 0) is 81.3 Å². The third-order valence-corrected chi connectivity index (χ3v) is 7.44. The first-order chi connectivity index (χ1) is 14.9. The number of halogens is 3. The van der Waals surface area contributed by atoms with E-state index >= 15 is 0 Å². The second-order valence-corrected chi connectivity index (χ2v) is 9.62. The van der Waals surface area contributed by atoms with Crippen molar-refractivity contribution in [3.63, 3.8) is 0 Å². The number of esters is 1.